The lowest BCUT2D eigenvalue weighted by atomic mass is 10.2. The molecule has 7 nitrogen and oxygen atoms in total. The van der Waals surface area contributed by atoms with E-state index in [1.807, 2.05) is 0 Å². The van der Waals surface area contributed by atoms with E-state index < -0.39 is 10.8 Å². The van der Waals surface area contributed by atoms with Gasteiger partial charge < -0.3 is 4.74 Å². The number of non-ortho nitro benzene ring substituents is 1. The van der Waals surface area contributed by atoms with Crippen molar-refractivity contribution in [2.75, 3.05) is 0 Å². The largest absolute Gasteiger partial charge is 0.486 e. The van der Waals surface area contributed by atoms with Crippen molar-refractivity contribution in [3.8, 4) is 5.75 Å². The molecule has 4 rings (SSSR count). The maximum atomic E-state index is 12.8. The van der Waals surface area contributed by atoms with Gasteiger partial charge in [0.15, 0.2) is 5.75 Å². The highest BCUT2D eigenvalue weighted by molar-refractivity contribution is 8.18. The predicted molar refractivity (Wildman–Crippen MR) is 137 cm³/mol. The molecule has 0 aliphatic carbocycles. The zero-order chi connectivity index (χ0) is 25.1. The minimum Gasteiger partial charge on any atom is -0.486 e. The average molecular weight is 550 g/mol. The fourth-order valence-electron chi connectivity index (χ4n) is 3.23. The van der Waals surface area contributed by atoms with Crippen LogP contribution in [-0.4, -0.2) is 21.0 Å². The summed E-state index contributed by atoms with van der Waals surface area (Å²) in [5.74, 6) is -0.180. The minimum absolute atomic E-state index is 0.0215. The van der Waals surface area contributed by atoms with E-state index in [4.69, 9.17) is 39.5 Å². The first-order valence-corrected chi connectivity index (χ1v) is 12.0. The Bertz CT molecular complexity index is 1320. The maximum absolute atomic E-state index is 12.8. The van der Waals surface area contributed by atoms with Crippen molar-refractivity contribution in [1.82, 2.24) is 4.90 Å². The summed E-state index contributed by atoms with van der Waals surface area (Å²) < 4.78 is 5.71. The molecule has 2 amide bonds. The molecule has 3 aromatic carbocycles. The van der Waals surface area contributed by atoms with E-state index in [1.54, 1.807) is 54.6 Å². The summed E-state index contributed by atoms with van der Waals surface area (Å²) >= 11 is 19.4. The Hall–Kier alpha value is -3.04. The molecule has 1 saturated heterocycles. The Kier molecular flexibility index (Phi) is 7.66. The van der Waals surface area contributed by atoms with Gasteiger partial charge in [0.1, 0.15) is 6.61 Å². The number of hydrogen-bond donors (Lipinski definition) is 0. The monoisotopic (exact) mass is 548 g/mol. The highest BCUT2D eigenvalue weighted by Crippen LogP contribution is 2.38. The van der Waals surface area contributed by atoms with Crippen molar-refractivity contribution in [3.05, 3.63) is 107 Å². The lowest BCUT2D eigenvalue weighted by Crippen LogP contribution is -2.27. The van der Waals surface area contributed by atoms with Gasteiger partial charge in [-0.1, -0.05) is 46.9 Å². The molecule has 1 aliphatic rings. The lowest BCUT2D eigenvalue weighted by molar-refractivity contribution is -0.384. The van der Waals surface area contributed by atoms with Crippen molar-refractivity contribution in [3.63, 3.8) is 0 Å². The summed E-state index contributed by atoms with van der Waals surface area (Å²) in [7, 11) is 0. The van der Waals surface area contributed by atoms with Crippen LogP contribution in [0.25, 0.3) is 6.08 Å². The molecule has 11 heteroatoms. The third-order valence-corrected chi connectivity index (χ3v) is 6.70. The van der Waals surface area contributed by atoms with Crippen molar-refractivity contribution in [2.45, 2.75) is 13.2 Å². The van der Waals surface area contributed by atoms with Crippen LogP contribution in [0.2, 0.25) is 15.1 Å². The SMILES string of the molecule is O=C1S/C(=C\c2cc(Cl)c(OCc3ccc([N+](=O)[O-])cc3)c(Cl)c2)C(=O)N1Cc1ccc(Cl)cc1. The van der Waals surface area contributed by atoms with E-state index >= 15 is 0 Å². The number of ether oxygens (including phenoxy) is 1. The summed E-state index contributed by atoms with van der Waals surface area (Å²) in [5.41, 5.74) is 1.98. The first-order valence-electron chi connectivity index (χ1n) is 10.1. The maximum Gasteiger partial charge on any atom is 0.293 e. The molecule has 0 aromatic heterocycles. The van der Waals surface area contributed by atoms with Gasteiger partial charge in [0, 0.05) is 17.2 Å². The second-order valence-electron chi connectivity index (χ2n) is 7.42. The molecule has 1 aliphatic heterocycles. The number of thioether (sulfide) groups is 1. The summed E-state index contributed by atoms with van der Waals surface area (Å²) in [6.45, 7) is 0.233. The van der Waals surface area contributed by atoms with Gasteiger partial charge in [-0.15, -0.1) is 0 Å². The fourth-order valence-corrected chi connectivity index (χ4v) is 4.81. The number of nitrogens with zero attached hydrogens (tertiary/aromatic N) is 2. The molecule has 3 aromatic rings. The highest BCUT2D eigenvalue weighted by atomic mass is 35.5. The Morgan fingerprint density at radius 3 is 2.14 bits per heavy atom. The smallest absolute Gasteiger partial charge is 0.293 e. The van der Waals surface area contributed by atoms with E-state index in [2.05, 4.69) is 0 Å². The van der Waals surface area contributed by atoms with Crippen molar-refractivity contribution in [2.24, 2.45) is 0 Å². The van der Waals surface area contributed by atoms with Crippen LogP contribution in [0.15, 0.2) is 65.6 Å². The Labute approximate surface area is 219 Å². The topological polar surface area (TPSA) is 89.7 Å². The number of hydrogen-bond acceptors (Lipinski definition) is 6. The third kappa shape index (κ3) is 5.97. The summed E-state index contributed by atoms with van der Waals surface area (Å²) in [6.07, 6.45) is 1.55. The highest BCUT2D eigenvalue weighted by Gasteiger charge is 2.35. The summed E-state index contributed by atoms with van der Waals surface area (Å²) in [5, 5.41) is 11.4. The van der Waals surface area contributed by atoms with Crippen LogP contribution in [-0.2, 0) is 17.9 Å². The van der Waals surface area contributed by atoms with Crippen LogP contribution in [0.4, 0.5) is 10.5 Å². The summed E-state index contributed by atoms with van der Waals surface area (Å²) in [4.78, 5) is 36.9. The molecular formula is C24H15Cl3N2O5S. The van der Waals surface area contributed by atoms with E-state index in [0.29, 0.717) is 16.1 Å². The van der Waals surface area contributed by atoms with E-state index in [0.717, 1.165) is 22.2 Å². The molecular weight excluding hydrogens is 535 g/mol. The minimum atomic E-state index is -0.483. The standard InChI is InChI=1S/C24H15Cl3N2O5S/c25-17-5-1-14(2-6-17)12-28-23(30)21(35-24(28)31)11-16-9-19(26)22(20(27)10-16)34-13-15-3-7-18(8-4-15)29(32)33/h1-11H,12-13H2/b21-11-. The van der Waals surface area contributed by atoms with Crippen molar-refractivity contribution < 1.29 is 19.2 Å². The number of nitro groups is 1. The lowest BCUT2D eigenvalue weighted by Gasteiger charge is -2.12. The molecule has 178 valence electrons. The predicted octanol–water partition coefficient (Wildman–Crippen LogP) is 7.37. The van der Waals surface area contributed by atoms with Crippen LogP contribution in [0.3, 0.4) is 0 Å². The molecule has 1 fully saturated rings. The summed E-state index contributed by atoms with van der Waals surface area (Å²) in [6, 6.07) is 16.0. The van der Waals surface area contributed by atoms with Crippen molar-refractivity contribution >= 4 is 69.5 Å². The Balaban J connectivity index is 1.47. The third-order valence-electron chi connectivity index (χ3n) is 4.98. The number of amides is 2. The molecule has 0 saturated carbocycles. The number of carbonyl (C=O) groups is 2. The number of benzene rings is 3. The van der Waals surface area contributed by atoms with Gasteiger partial charge >= 0.3 is 0 Å². The second-order valence-corrected chi connectivity index (χ2v) is 9.66. The molecule has 35 heavy (non-hydrogen) atoms. The number of nitro benzene ring substituents is 1. The molecule has 0 unspecified atom stereocenters. The van der Waals surface area contributed by atoms with Gasteiger partial charge in [-0.25, -0.2) is 0 Å². The van der Waals surface area contributed by atoms with E-state index in [-0.39, 0.29) is 44.8 Å². The number of halogens is 3. The molecule has 0 atom stereocenters. The van der Waals surface area contributed by atoms with Crippen LogP contribution < -0.4 is 4.74 Å². The van der Waals surface area contributed by atoms with Crippen LogP contribution in [0.5, 0.6) is 5.75 Å². The Morgan fingerprint density at radius 2 is 1.54 bits per heavy atom. The number of rotatable bonds is 7. The van der Waals surface area contributed by atoms with Gasteiger partial charge in [0.05, 0.1) is 26.4 Å². The normalized spacial score (nSPS) is 14.6. The first-order chi connectivity index (χ1) is 16.7. The first kappa shape index (κ1) is 25.1. The molecule has 0 N–H and O–H groups in total. The Morgan fingerprint density at radius 1 is 0.943 bits per heavy atom. The van der Waals surface area contributed by atoms with Gasteiger partial charge in [0.25, 0.3) is 16.8 Å². The zero-order valence-electron chi connectivity index (χ0n) is 17.7. The van der Waals surface area contributed by atoms with Crippen LogP contribution >= 0.6 is 46.6 Å². The molecule has 0 radical (unpaired) electrons. The zero-order valence-corrected chi connectivity index (χ0v) is 20.8. The van der Waals surface area contributed by atoms with E-state index in [9.17, 15) is 19.7 Å². The van der Waals surface area contributed by atoms with E-state index in [1.165, 1.54) is 12.1 Å². The van der Waals surface area contributed by atoms with Crippen molar-refractivity contribution in [1.29, 1.82) is 0 Å². The van der Waals surface area contributed by atoms with Crippen LogP contribution in [0.1, 0.15) is 16.7 Å². The average Bonchev–Trinajstić information content (AvgIpc) is 3.07. The molecule has 0 spiro atoms. The quantitative estimate of drug-likeness (QED) is 0.174. The van der Waals surface area contributed by atoms with Gasteiger partial charge in [-0.2, -0.15) is 0 Å². The number of carbonyl (C=O) groups excluding carboxylic acids is 2. The van der Waals surface area contributed by atoms with Crippen LogP contribution in [0, 0.1) is 10.1 Å². The molecule has 0 bridgehead atoms. The second kappa shape index (κ2) is 10.7. The van der Waals surface area contributed by atoms with Gasteiger partial charge in [-0.3, -0.25) is 24.6 Å². The fraction of sp³-hybridized carbons (Fsp3) is 0.0833. The molecule has 1 heterocycles. The van der Waals surface area contributed by atoms with Gasteiger partial charge in [0.2, 0.25) is 0 Å². The number of imide groups is 1. The van der Waals surface area contributed by atoms with Gasteiger partial charge in [-0.05, 0) is 70.9 Å².